The molecule has 1 aromatic rings. The van der Waals surface area contributed by atoms with Gasteiger partial charge in [-0.2, -0.15) is 0 Å². The second-order valence-electron chi connectivity index (χ2n) is 4.10. The zero-order valence-corrected chi connectivity index (χ0v) is 9.87. The van der Waals surface area contributed by atoms with Crippen LogP contribution in [0.2, 0.25) is 0 Å². The van der Waals surface area contributed by atoms with Crippen molar-refractivity contribution in [2.75, 3.05) is 18.5 Å². The van der Waals surface area contributed by atoms with Crippen molar-refractivity contribution in [2.24, 2.45) is 0 Å². The first-order chi connectivity index (χ1) is 8.59. The van der Waals surface area contributed by atoms with E-state index >= 15 is 0 Å². The van der Waals surface area contributed by atoms with Gasteiger partial charge in [0.15, 0.2) is 11.6 Å². The molecule has 2 atom stereocenters. The molecule has 0 bridgehead atoms. The van der Waals surface area contributed by atoms with E-state index in [1.165, 1.54) is 12.1 Å². The minimum atomic E-state index is -1.06. The van der Waals surface area contributed by atoms with Gasteiger partial charge >= 0.3 is 0 Å². The molecule has 0 spiro atoms. The number of carbonyl (C=O) groups excluding carboxylic acids is 1. The van der Waals surface area contributed by atoms with Crippen molar-refractivity contribution in [1.82, 2.24) is 5.32 Å². The zero-order chi connectivity index (χ0) is 13.1. The van der Waals surface area contributed by atoms with Gasteiger partial charge in [-0.3, -0.25) is 4.79 Å². The Bertz CT molecular complexity index is 454. The topological polar surface area (TPSA) is 50.4 Å². The van der Waals surface area contributed by atoms with E-state index in [4.69, 9.17) is 4.74 Å². The van der Waals surface area contributed by atoms with E-state index in [9.17, 15) is 13.6 Å². The molecule has 1 heterocycles. The number of amides is 1. The number of rotatable bonds is 2. The zero-order valence-electron chi connectivity index (χ0n) is 9.87. The summed E-state index contributed by atoms with van der Waals surface area (Å²) in [6.45, 7) is 2.83. The lowest BCUT2D eigenvalue weighted by Gasteiger charge is -2.29. The van der Waals surface area contributed by atoms with Crippen LogP contribution in [0, 0.1) is 11.6 Å². The lowest BCUT2D eigenvalue weighted by atomic mass is 10.1. The number of hydrogen-bond acceptors (Lipinski definition) is 3. The molecule has 0 saturated carbocycles. The third kappa shape index (κ3) is 2.65. The molecule has 1 saturated heterocycles. The first-order valence-corrected chi connectivity index (χ1v) is 5.69. The minimum absolute atomic E-state index is 0.167. The first kappa shape index (κ1) is 12.9. The Kier molecular flexibility index (Phi) is 3.88. The molecule has 0 aromatic heterocycles. The summed E-state index contributed by atoms with van der Waals surface area (Å²) in [5, 5.41) is 5.32. The SMILES string of the molecule is C[C@H]1OCCN[C@@H]1C(=O)Nc1cccc(F)c1F. The van der Waals surface area contributed by atoms with Crippen molar-refractivity contribution in [3.63, 3.8) is 0 Å². The molecule has 1 amide bonds. The molecule has 4 nitrogen and oxygen atoms in total. The summed E-state index contributed by atoms with van der Waals surface area (Å²) in [4.78, 5) is 11.9. The number of anilines is 1. The normalized spacial score (nSPS) is 23.7. The van der Waals surface area contributed by atoms with Gasteiger partial charge in [-0.1, -0.05) is 6.07 Å². The molecule has 1 aliphatic rings. The van der Waals surface area contributed by atoms with Crippen LogP contribution in [-0.2, 0) is 9.53 Å². The van der Waals surface area contributed by atoms with Gasteiger partial charge in [0, 0.05) is 6.54 Å². The van der Waals surface area contributed by atoms with Crippen LogP contribution < -0.4 is 10.6 Å². The molecule has 1 fully saturated rings. The highest BCUT2D eigenvalue weighted by Gasteiger charge is 2.28. The van der Waals surface area contributed by atoms with Crippen LogP contribution in [0.4, 0.5) is 14.5 Å². The largest absolute Gasteiger partial charge is 0.375 e. The number of halogens is 2. The Hall–Kier alpha value is -1.53. The molecular weight excluding hydrogens is 242 g/mol. The van der Waals surface area contributed by atoms with Crippen molar-refractivity contribution in [3.8, 4) is 0 Å². The van der Waals surface area contributed by atoms with Crippen molar-refractivity contribution in [1.29, 1.82) is 0 Å². The Morgan fingerprint density at radius 3 is 3.00 bits per heavy atom. The highest BCUT2D eigenvalue weighted by atomic mass is 19.2. The summed E-state index contributed by atoms with van der Waals surface area (Å²) in [7, 11) is 0. The Morgan fingerprint density at radius 1 is 1.50 bits per heavy atom. The maximum Gasteiger partial charge on any atom is 0.244 e. The van der Waals surface area contributed by atoms with E-state index in [1.54, 1.807) is 6.92 Å². The van der Waals surface area contributed by atoms with Gasteiger partial charge < -0.3 is 15.4 Å². The number of nitrogens with one attached hydrogen (secondary N) is 2. The number of ether oxygens (including phenoxy) is 1. The molecule has 18 heavy (non-hydrogen) atoms. The van der Waals surface area contributed by atoms with E-state index in [2.05, 4.69) is 10.6 Å². The third-order valence-electron chi connectivity index (χ3n) is 2.81. The Labute approximate surface area is 103 Å². The van der Waals surface area contributed by atoms with Gasteiger partial charge in [-0.05, 0) is 19.1 Å². The fourth-order valence-corrected chi connectivity index (χ4v) is 1.84. The van der Waals surface area contributed by atoms with Gasteiger partial charge in [0.1, 0.15) is 6.04 Å². The lowest BCUT2D eigenvalue weighted by molar-refractivity contribution is -0.123. The maximum absolute atomic E-state index is 13.4. The molecule has 6 heteroatoms. The summed E-state index contributed by atoms with van der Waals surface area (Å²) in [5.41, 5.74) is -0.167. The van der Waals surface area contributed by atoms with E-state index in [0.717, 1.165) is 6.07 Å². The van der Waals surface area contributed by atoms with Crippen LogP contribution in [0.1, 0.15) is 6.92 Å². The smallest absolute Gasteiger partial charge is 0.244 e. The molecule has 98 valence electrons. The van der Waals surface area contributed by atoms with Gasteiger partial charge in [-0.25, -0.2) is 8.78 Å². The maximum atomic E-state index is 13.4. The second-order valence-corrected chi connectivity index (χ2v) is 4.10. The summed E-state index contributed by atoms with van der Waals surface area (Å²) in [6.07, 6.45) is -0.310. The predicted molar refractivity (Wildman–Crippen MR) is 62.2 cm³/mol. The molecule has 1 aromatic carbocycles. The monoisotopic (exact) mass is 256 g/mol. The van der Waals surface area contributed by atoms with Gasteiger partial charge in [0.25, 0.3) is 0 Å². The van der Waals surface area contributed by atoms with Gasteiger partial charge in [0.05, 0.1) is 18.4 Å². The highest BCUT2D eigenvalue weighted by molar-refractivity contribution is 5.95. The Morgan fingerprint density at radius 2 is 2.28 bits per heavy atom. The van der Waals surface area contributed by atoms with Gasteiger partial charge in [0.2, 0.25) is 5.91 Å². The van der Waals surface area contributed by atoms with Crippen LogP contribution in [0.3, 0.4) is 0 Å². The fourth-order valence-electron chi connectivity index (χ4n) is 1.84. The van der Waals surface area contributed by atoms with Gasteiger partial charge in [-0.15, -0.1) is 0 Å². The Balaban J connectivity index is 2.09. The molecule has 0 unspecified atom stereocenters. The molecule has 0 aliphatic carbocycles. The van der Waals surface area contributed by atoms with E-state index in [1.807, 2.05) is 0 Å². The molecule has 0 radical (unpaired) electrons. The molecular formula is C12H14F2N2O2. The summed E-state index contributed by atoms with van der Waals surface area (Å²) in [6, 6.07) is 3.07. The lowest BCUT2D eigenvalue weighted by Crippen LogP contribution is -2.53. The molecule has 2 rings (SSSR count). The number of hydrogen-bond donors (Lipinski definition) is 2. The van der Waals surface area contributed by atoms with E-state index in [-0.39, 0.29) is 11.8 Å². The van der Waals surface area contributed by atoms with E-state index in [0.29, 0.717) is 13.2 Å². The van der Waals surface area contributed by atoms with Crippen molar-refractivity contribution < 1.29 is 18.3 Å². The summed E-state index contributed by atoms with van der Waals surface area (Å²) in [5.74, 6) is -2.49. The van der Waals surface area contributed by atoms with Crippen LogP contribution in [-0.4, -0.2) is 31.2 Å². The van der Waals surface area contributed by atoms with Crippen LogP contribution in [0.5, 0.6) is 0 Å². The first-order valence-electron chi connectivity index (χ1n) is 5.69. The van der Waals surface area contributed by atoms with Crippen LogP contribution in [0.25, 0.3) is 0 Å². The summed E-state index contributed by atoms with van der Waals surface area (Å²) < 4.78 is 31.7. The third-order valence-corrected chi connectivity index (χ3v) is 2.81. The number of benzene rings is 1. The number of morpholine rings is 1. The summed E-state index contributed by atoms with van der Waals surface area (Å²) >= 11 is 0. The van der Waals surface area contributed by atoms with Crippen molar-refractivity contribution in [3.05, 3.63) is 29.8 Å². The van der Waals surface area contributed by atoms with Crippen molar-refractivity contribution in [2.45, 2.75) is 19.1 Å². The fraction of sp³-hybridized carbons (Fsp3) is 0.417. The minimum Gasteiger partial charge on any atom is -0.375 e. The molecule has 2 N–H and O–H groups in total. The van der Waals surface area contributed by atoms with E-state index < -0.39 is 23.6 Å². The quantitative estimate of drug-likeness (QED) is 0.838. The highest BCUT2D eigenvalue weighted by Crippen LogP contribution is 2.17. The van der Waals surface area contributed by atoms with Crippen LogP contribution >= 0.6 is 0 Å². The average Bonchev–Trinajstić information content (AvgIpc) is 2.35. The average molecular weight is 256 g/mol. The second kappa shape index (κ2) is 5.41. The predicted octanol–water partition coefficient (Wildman–Crippen LogP) is 1.28. The molecule has 1 aliphatic heterocycles. The van der Waals surface area contributed by atoms with Crippen molar-refractivity contribution >= 4 is 11.6 Å². The number of carbonyl (C=O) groups is 1. The standard InChI is InChI=1S/C12H14F2N2O2/c1-7-11(15-5-6-18-7)12(17)16-9-4-2-3-8(13)10(9)14/h2-4,7,11,15H,5-6H2,1H3,(H,16,17)/t7-,11+/m1/s1. The van der Waals surface area contributed by atoms with Crippen LogP contribution in [0.15, 0.2) is 18.2 Å².